The van der Waals surface area contributed by atoms with Crippen LogP contribution >= 0.6 is 0 Å². The van der Waals surface area contributed by atoms with E-state index >= 15 is 0 Å². The van der Waals surface area contributed by atoms with Crippen LogP contribution in [-0.2, 0) is 11.3 Å². The van der Waals surface area contributed by atoms with Gasteiger partial charge in [-0.25, -0.2) is 4.68 Å². The zero-order valence-electron chi connectivity index (χ0n) is 11.3. The van der Waals surface area contributed by atoms with Crippen LogP contribution in [0.2, 0.25) is 0 Å². The fourth-order valence-corrected chi connectivity index (χ4v) is 2.62. The molecule has 2 unspecified atom stereocenters. The molecule has 0 radical (unpaired) electrons. The Kier molecular flexibility index (Phi) is 5.07. The molecule has 6 nitrogen and oxygen atoms in total. The molecule has 1 N–H and O–H groups in total. The van der Waals surface area contributed by atoms with Crippen LogP contribution in [0.15, 0.2) is 0 Å². The Labute approximate surface area is 108 Å². The van der Waals surface area contributed by atoms with Crippen LogP contribution in [0.4, 0.5) is 0 Å². The standard InChI is InChI=1S/C12H23N5O/c1-10-5-3-4-6-11(10)17-12(14-15-16-17)9-13-7-8-18-2/h10-11,13H,3-9H2,1-2H3. The van der Waals surface area contributed by atoms with Gasteiger partial charge in [0.2, 0.25) is 0 Å². The molecular weight excluding hydrogens is 230 g/mol. The lowest BCUT2D eigenvalue weighted by atomic mass is 9.86. The van der Waals surface area contributed by atoms with Gasteiger partial charge in [-0.1, -0.05) is 19.8 Å². The lowest BCUT2D eigenvalue weighted by molar-refractivity contribution is 0.197. The third-order valence-electron chi connectivity index (χ3n) is 3.71. The van der Waals surface area contributed by atoms with E-state index in [1.807, 2.05) is 4.68 Å². The average molecular weight is 253 g/mol. The minimum absolute atomic E-state index is 0.466. The molecule has 1 aliphatic rings. The number of ether oxygens (including phenoxy) is 1. The Hall–Kier alpha value is -1.01. The maximum absolute atomic E-state index is 5.00. The molecule has 6 heteroatoms. The maximum atomic E-state index is 5.00. The molecule has 2 rings (SSSR count). The van der Waals surface area contributed by atoms with Crippen molar-refractivity contribution in [2.24, 2.45) is 5.92 Å². The second kappa shape index (κ2) is 6.80. The number of nitrogens with one attached hydrogen (secondary N) is 1. The van der Waals surface area contributed by atoms with Gasteiger partial charge in [0, 0.05) is 13.7 Å². The fraction of sp³-hybridized carbons (Fsp3) is 0.917. The minimum atomic E-state index is 0.466. The number of nitrogens with zero attached hydrogens (tertiary/aromatic N) is 4. The van der Waals surface area contributed by atoms with Crippen LogP contribution in [0.1, 0.15) is 44.5 Å². The van der Waals surface area contributed by atoms with Gasteiger partial charge in [-0.3, -0.25) is 0 Å². The monoisotopic (exact) mass is 253 g/mol. The minimum Gasteiger partial charge on any atom is -0.383 e. The lowest BCUT2D eigenvalue weighted by Crippen LogP contribution is -2.27. The van der Waals surface area contributed by atoms with Gasteiger partial charge >= 0.3 is 0 Å². The molecule has 1 fully saturated rings. The van der Waals surface area contributed by atoms with Crippen LogP contribution in [0.5, 0.6) is 0 Å². The molecule has 18 heavy (non-hydrogen) atoms. The Morgan fingerprint density at radius 3 is 3.00 bits per heavy atom. The van der Waals surface area contributed by atoms with Crippen LogP contribution < -0.4 is 5.32 Å². The first kappa shape index (κ1) is 13.4. The van der Waals surface area contributed by atoms with Crippen molar-refractivity contribution < 1.29 is 4.74 Å². The number of aromatic nitrogens is 4. The van der Waals surface area contributed by atoms with Crippen LogP contribution in [0.25, 0.3) is 0 Å². The summed E-state index contributed by atoms with van der Waals surface area (Å²) in [6, 6.07) is 0.466. The first-order chi connectivity index (χ1) is 8.83. The highest BCUT2D eigenvalue weighted by Gasteiger charge is 2.25. The van der Waals surface area contributed by atoms with Gasteiger partial charge in [0.25, 0.3) is 0 Å². The number of hydrogen-bond acceptors (Lipinski definition) is 5. The first-order valence-electron chi connectivity index (χ1n) is 6.79. The van der Waals surface area contributed by atoms with Gasteiger partial charge in [0.15, 0.2) is 5.82 Å². The molecule has 0 aromatic carbocycles. The highest BCUT2D eigenvalue weighted by Crippen LogP contribution is 2.33. The average Bonchev–Trinajstić information content (AvgIpc) is 2.83. The van der Waals surface area contributed by atoms with Crippen molar-refractivity contribution in [2.75, 3.05) is 20.3 Å². The Balaban J connectivity index is 1.93. The van der Waals surface area contributed by atoms with Crippen molar-refractivity contribution in [3.8, 4) is 0 Å². The second-order valence-corrected chi connectivity index (χ2v) is 5.04. The Bertz CT molecular complexity index is 354. The third-order valence-corrected chi connectivity index (χ3v) is 3.71. The summed E-state index contributed by atoms with van der Waals surface area (Å²) >= 11 is 0. The molecular formula is C12H23N5O. The number of rotatable bonds is 6. The van der Waals surface area contributed by atoms with E-state index in [4.69, 9.17) is 4.74 Å². The van der Waals surface area contributed by atoms with E-state index in [9.17, 15) is 0 Å². The molecule has 1 saturated carbocycles. The van der Waals surface area contributed by atoms with E-state index in [0.29, 0.717) is 25.1 Å². The van der Waals surface area contributed by atoms with E-state index in [2.05, 4.69) is 27.8 Å². The van der Waals surface area contributed by atoms with Gasteiger partial charge in [0.1, 0.15) is 0 Å². The molecule has 0 aliphatic heterocycles. The summed E-state index contributed by atoms with van der Waals surface area (Å²) in [5.41, 5.74) is 0. The van der Waals surface area contributed by atoms with Gasteiger partial charge < -0.3 is 10.1 Å². The predicted molar refractivity (Wildman–Crippen MR) is 68.1 cm³/mol. The summed E-state index contributed by atoms with van der Waals surface area (Å²) in [5, 5.41) is 15.4. The molecule has 0 saturated heterocycles. The first-order valence-corrected chi connectivity index (χ1v) is 6.79. The molecule has 2 atom stereocenters. The van der Waals surface area contributed by atoms with Crippen molar-refractivity contribution in [3.63, 3.8) is 0 Å². The summed E-state index contributed by atoms with van der Waals surface area (Å²) in [5.74, 6) is 1.60. The van der Waals surface area contributed by atoms with E-state index in [-0.39, 0.29) is 0 Å². The molecule has 0 spiro atoms. The SMILES string of the molecule is COCCNCc1nnnn1C1CCCCC1C. The smallest absolute Gasteiger partial charge is 0.165 e. The van der Waals surface area contributed by atoms with Crippen LogP contribution in [-0.4, -0.2) is 40.5 Å². The van der Waals surface area contributed by atoms with Crippen molar-refractivity contribution in [1.82, 2.24) is 25.5 Å². The molecule has 1 aromatic rings. The highest BCUT2D eigenvalue weighted by atomic mass is 16.5. The molecule has 1 aromatic heterocycles. The van der Waals surface area contributed by atoms with Crippen molar-refractivity contribution >= 4 is 0 Å². The Morgan fingerprint density at radius 2 is 2.22 bits per heavy atom. The maximum Gasteiger partial charge on any atom is 0.165 e. The van der Waals surface area contributed by atoms with Gasteiger partial charge in [-0.05, 0) is 29.2 Å². The van der Waals surface area contributed by atoms with Crippen molar-refractivity contribution in [1.29, 1.82) is 0 Å². The molecule has 0 bridgehead atoms. The largest absolute Gasteiger partial charge is 0.383 e. The third kappa shape index (κ3) is 3.26. The summed E-state index contributed by atoms with van der Waals surface area (Å²) in [6.45, 7) is 4.54. The second-order valence-electron chi connectivity index (χ2n) is 5.04. The van der Waals surface area contributed by atoms with Crippen LogP contribution in [0.3, 0.4) is 0 Å². The van der Waals surface area contributed by atoms with Gasteiger partial charge in [-0.15, -0.1) is 5.10 Å². The quantitative estimate of drug-likeness (QED) is 0.771. The Morgan fingerprint density at radius 1 is 1.39 bits per heavy atom. The van der Waals surface area contributed by atoms with Gasteiger partial charge in [0.05, 0.1) is 19.2 Å². The number of hydrogen-bond donors (Lipinski definition) is 1. The summed E-state index contributed by atoms with van der Waals surface area (Å²) in [4.78, 5) is 0. The summed E-state index contributed by atoms with van der Waals surface area (Å²) in [6.07, 6.45) is 5.09. The zero-order valence-corrected chi connectivity index (χ0v) is 11.3. The van der Waals surface area contributed by atoms with E-state index in [1.54, 1.807) is 7.11 Å². The van der Waals surface area contributed by atoms with E-state index < -0.39 is 0 Å². The predicted octanol–water partition coefficient (Wildman–Crippen LogP) is 1.16. The highest BCUT2D eigenvalue weighted by molar-refractivity contribution is 4.87. The molecule has 0 amide bonds. The normalized spacial score (nSPS) is 24.3. The summed E-state index contributed by atoms with van der Waals surface area (Å²) < 4.78 is 7.02. The van der Waals surface area contributed by atoms with E-state index in [0.717, 1.165) is 12.4 Å². The van der Waals surface area contributed by atoms with Crippen LogP contribution in [0, 0.1) is 5.92 Å². The van der Waals surface area contributed by atoms with E-state index in [1.165, 1.54) is 25.7 Å². The molecule has 1 aliphatic carbocycles. The fourth-order valence-electron chi connectivity index (χ4n) is 2.62. The molecule has 1 heterocycles. The van der Waals surface area contributed by atoms with Crippen molar-refractivity contribution in [3.05, 3.63) is 5.82 Å². The van der Waals surface area contributed by atoms with Gasteiger partial charge in [-0.2, -0.15) is 0 Å². The number of tetrazole rings is 1. The summed E-state index contributed by atoms with van der Waals surface area (Å²) in [7, 11) is 1.70. The zero-order chi connectivity index (χ0) is 12.8. The number of methoxy groups -OCH3 is 1. The molecule has 102 valence electrons. The lowest BCUT2D eigenvalue weighted by Gasteiger charge is -2.29. The topological polar surface area (TPSA) is 64.9 Å². The van der Waals surface area contributed by atoms with Crippen molar-refractivity contribution in [2.45, 2.75) is 45.2 Å².